The summed E-state index contributed by atoms with van der Waals surface area (Å²) < 4.78 is 6.80. The van der Waals surface area contributed by atoms with Crippen molar-refractivity contribution in [2.75, 3.05) is 6.61 Å². The summed E-state index contributed by atoms with van der Waals surface area (Å²) in [7, 11) is 0. The first-order valence-corrected chi connectivity index (χ1v) is 13.5. The molecule has 0 aromatic heterocycles. The van der Waals surface area contributed by atoms with Gasteiger partial charge in [-0.3, -0.25) is 9.59 Å². The molecule has 0 aliphatic carbocycles. The van der Waals surface area contributed by atoms with E-state index < -0.39 is 11.6 Å². The first kappa shape index (κ1) is 28.5. The second kappa shape index (κ2) is 13.4. The minimum atomic E-state index is -0.643. The minimum Gasteiger partial charge on any atom is -0.494 e. The molecule has 6 heteroatoms. The van der Waals surface area contributed by atoms with Crippen LogP contribution in [0, 0.1) is 6.92 Å². The molecule has 0 bridgehead atoms. The Morgan fingerprint density at radius 2 is 1.57 bits per heavy atom. The molecule has 1 N–H and O–H groups in total. The zero-order chi connectivity index (χ0) is 26.8. The lowest BCUT2D eigenvalue weighted by atomic mass is 10.00. The van der Waals surface area contributed by atoms with E-state index in [2.05, 4.69) is 21.2 Å². The van der Waals surface area contributed by atoms with Crippen molar-refractivity contribution < 1.29 is 14.3 Å². The van der Waals surface area contributed by atoms with Gasteiger partial charge in [-0.05, 0) is 69.5 Å². The summed E-state index contributed by atoms with van der Waals surface area (Å²) in [6.45, 7) is 8.66. The zero-order valence-electron chi connectivity index (χ0n) is 22.2. The van der Waals surface area contributed by atoms with Crippen LogP contribution in [-0.2, 0) is 22.6 Å². The van der Waals surface area contributed by atoms with Gasteiger partial charge in [0.2, 0.25) is 11.8 Å². The standard InChI is InChI=1S/C31H37BrN2O3/c1-23-12-18-27(19-13-23)37-20-8-11-29(35)34(22-25-14-16-26(32)17-15-25)28(30(36)33-31(2,3)4)21-24-9-6-5-7-10-24/h5-7,9-10,12-19,28H,8,11,20-22H2,1-4H3,(H,33,36)/t28-/m0/s1. The summed E-state index contributed by atoms with van der Waals surface area (Å²) in [5, 5.41) is 3.10. The van der Waals surface area contributed by atoms with Crippen molar-refractivity contribution >= 4 is 27.7 Å². The SMILES string of the molecule is Cc1ccc(OCCCC(=O)N(Cc2ccc(Br)cc2)[C@@H](Cc2ccccc2)C(=O)NC(C)(C)C)cc1. The highest BCUT2D eigenvalue weighted by atomic mass is 79.9. The Morgan fingerprint density at radius 1 is 0.919 bits per heavy atom. The summed E-state index contributed by atoms with van der Waals surface area (Å²) in [6, 6.07) is 24.9. The molecule has 0 saturated heterocycles. The van der Waals surface area contributed by atoms with Gasteiger partial charge in [0.15, 0.2) is 0 Å². The van der Waals surface area contributed by atoms with E-state index in [9.17, 15) is 9.59 Å². The smallest absolute Gasteiger partial charge is 0.243 e. The van der Waals surface area contributed by atoms with E-state index in [0.717, 1.165) is 21.3 Å². The fourth-order valence-electron chi connectivity index (χ4n) is 3.98. The molecular formula is C31H37BrN2O3. The molecule has 2 amide bonds. The molecule has 0 aliphatic heterocycles. The van der Waals surface area contributed by atoms with E-state index in [1.54, 1.807) is 4.90 Å². The Kier molecular flexibility index (Phi) is 10.3. The quantitative estimate of drug-likeness (QED) is 0.271. The Labute approximate surface area is 229 Å². The number of benzene rings is 3. The van der Waals surface area contributed by atoms with Crippen LogP contribution in [0.15, 0.2) is 83.3 Å². The van der Waals surface area contributed by atoms with Crippen LogP contribution in [0.3, 0.4) is 0 Å². The van der Waals surface area contributed by atoms with Gasteiger partial charge in [0.1, 0.15) is 11.8 Å². The van der Waals surface area contributed by atoms with Gasteiger partial charge in [0.25, 0.3) is 0 Å². The van der Waals surface area contributed by atoms with Crippen LogP contribution in [0.2, 0.25) is 0 Å². The van der Waals surface area contributed by atoms with E-state index in [0.29, 0.717) is 26.0 Å². The number of carbonyl (C=O) groups excluding carboxylic acids is 2. The molecule has 196 valence electrons. The van der Waals surface area contributed by atoms with Crippen LogP contribution in [0.1, 0.15) is 50.3 Å². The van der Waals surface area contributed by atoms with Gasteiger partial charge in [-0.15, -0.1) is 0 Å². The number of nitrogens with zero attached hydrogens (tertiary/aromatic N) is 1. The summed E-state index contributed by atoms with van der Waals surface area (Å²) in [5.74, 6) is 0.564. The van der Waals surface area contributed by atoms with Crippen molar-refractivity contribution in [1.82, 2.24) is 10.2 Å². The molecule has 0 spiro atoms. The predicted molar refractivity (Wildman–Crippen MR) is 152 cm³/mol. The number of hydrogen-bond acceptors (Lipinski definition) is 3. The lowest BCUT2D eigenvalue weighted by Crippen LogP contribution is -2.54. The highest BCUT2D eigenvalue weighted by Crippen LogP contribution is 2.19. The molecule has 37 heavy (non-hydrogen) atoms. The molecular weight excluding hydrogens is 528 g/mol. The van der Waals surface area contributed by atoms with E-state index >= 15 is 0 Å². The highest BCUT2D eigenvalue weighted by Gasteiger charge is 2.32. The first-order chi connectivity index (χ1) is 17.6. The number of rotatable bonds is 11. The number of carbonyl (C=O) groups is 2. The van der Waals surface area contributed by atoms with E-state index in [1.165, 1.54) is 5.56 Å². The van der Waals surface area contributed by atoms with Gasteiger partial charge >= 0.3 is 0 Å². The summed E-state index contributed by atoms with van der Waals surface area (Å²) in [4.78, 5) is 28.9. The molecule has 5 nitrogen and oxygen atoms in total. The Bertz CT molecular complexity index is 1140. The Hall–Kier alpha value is -3.12. The minimum absolute atomic E-state index is 0.0691. The second-order valence-electron chi connectivity index (χ2n) is 10.4. The van der Waals surface area contributed by atoms with Crippen molar-refractivity contribution in [1.29, 1.82) is 0 Å². The molecule has 3 rings (SSSR count). The molecule has 0 radical (unpaired) electrons. The summed E-state index contributed by atoms with van der Waals surface area (Å²) >= 11 is 3.48. The maximum atomic E-state index is 13.7. The third-order valence-corrected chi connectivity index (χ3v) is 6.39. The summed E-state index contributed by atoms with van der Waals surface area (Å²) in [6.07, 6.45) is 1.28. The van der Waals surface area contributed by atoms with Crippen LogP contribution in [0.4, 0.5) is 0 Å². The van der Waals surface area contributed by atoms with E-state index in [1.807, 2.05) is 107 Å². The van der Waals surface area contributed by atoms with Gasteiger partial charge in [0, 0.05) is 29.4 Å². The number of amides is 2. The first-order valence-electron chi connectivity index (χ1n) is 12.7. The number of ether oxygens (including phenoxy) is 1. The number of nitrogens with one attached hydrogen (secondary N) is 1. The van der Waals surface area contributed by atoms with Crippen LogP contribution in [0.5, 0.6) is 5.75 Å². The van der Waals surface area contributed by atoms with Crippen LogP contribution in [0.25, 0.3) is 0 Å². The zero-order valence-corrected chi connectivity index (χ0v) is 23.8. The molecule has 3 aromatic rings. The van der Waals surface area contributed by atoms with Crippen molar-refractivity contribution in [3.8, 4) is 5.75 Å². The van der Waals surface area contributed by atoms with E-state index in [4.69, 9.17) is 4.74 Å². The lowest BCUT2D eigenvalue weighted by Gasteiger charge is -2.34. The molecule has 0 fully saturated rings. The van der Waals surface area contributed by atoms with Crippen LogP contribution in [-0.4, -0.2) is 34.9 Å². The number of aryl methyl sites for hydroxylation is 1. The van der Waals surface area contributed by atoms with Crippen LogP contribution >= 0.6 is 15.9 Å². The van der Waals surface area contributed by atoms with Crippen molar-refractivity contribution in [3.63, 3.8) is 0 Å². The number of halogens is 1. The maximum absolute atomic E-state index is 13.7. The van der Waals surface area contributed by atoms with Gasteiger partial charge in [-0.2, -0.15) is 0 Å². The van der Waals surface area contributed by atoms with E-state index in [-0.39, 0.29) is 18.2 Å². The summed E-state index contributed by atoms with van der Waals surface area (Å²) in [5.41, 5.74) is 2.73. The fourth-order valence-corrected chi connectivity index (χ4v) is 4.25. The Morgan fingerprint density at radius 3 is 2.19 bits per heavy atom. The Balaban J connectivity index is 1.80. The maximum Gasteiger partial charge on any atom is 0.243 e. The molecule has 0 heterocycles. The predicted octanol–water partition coefficient (Wildman–Crippen LogP) is 6.47. The third-order valence-electron chi connectivity index (χ3n) is 5.86. The highest BCUT2D eigenvalue weighted by molar-refractivity contribution is 9.10. The monoisotopic (exact) mass is 564 g/mol. The molecule has 0 unspecified atom stereocenters. The number of hydrogen-bond donors (Lipinski definition) is 1. The fraction of sp³-hybridized carbons (Fsp3) is 0.355. The lowest BCUT2D eigenvalue weighted by molar-refractivity contribution is -0.142. The van der Waals surface area contributed by atoms with Gasteiger partial charge in [0.05, 0.1) is 6.61 Å². The second-order valence-corrected chi connectivity index (χ2v) is 11.3. The van der Waals surface area contributed by atoms with Gasteiger partial charge in [-0.25, -0.2) is 0 Å². The molecule has 3 aromatic carbocycles. The van der Waals surface area contributed by atoms with Gasteiger partial charge in [-0.1, -0.05) is 76.1 Å². The largest absolute Gasteiger partial charge is 0.494 e. The average Bonchev–Trinajstić information content (AvgIpc) is 2.85. The van der Waals surface area contributed by atoms with Crippen molar-refractivity contribution in [3.05, 3.63) is 100 Å². The molecule has 1 atom stereocenters. The normalized spacial score (nSPS) is 12.0. The van der Waals surface area contributed by atoms with Crippen molar-refractivity contribution in [2.24, 2.45) is 0 Å². The van der Waals surface area contributed by atoms with Crippen molar-refractivity contribution in [2.45, 2.75) is 65.1 Å². The average molecular weight is 566 g/mol. The van der Waals surface area contributed by atoms with Gasteiger partial charge < -0.3 is 15.0 Å². The van der Waals surface area contributed by atoms with Crippen LogP contribution < -0.4 is 10.1 Å². The molecule has 0 saturated carbocycles. The molecule has 0 aliphatic rings. The topological polar surface area (TPSA) is 58.6 Å². The third kappa shape index (κ3) is 9.69.